The quantitative estimate of drug-likeness (QED) is 0.470. The molecule has 0 spiro atoms. The molecule has 0 radical (unpaired) electrons. The molecule has 2 aromatic rings. The molecule has 2 amide bonds. The summed E-state index contributed by atoms with van der Waals surface area (Å²) in [4.78, 5) is 39.4. The van der Waals surface area contributed by atoms with Gasteiger partial charge in [-0.05, 0) is 30.5 Å². The molecule has 0 saturated carbocycles. The van der Waals surface area contributed by atoms with Crippen LogP contribution < -0.4 is 0 Å². The van der Waals surface area contributed by atoms with Crippen LogP contribution in [0.2, 0.25) is 0 Å². The third-order valence-corrected chi connectivity index (χ3v) is 6.85. The van der Waals surface area contributed by atoms with Crippen LogP contribution in [0.1, 0.15) is 57.1 Å². The first-order chi connectivity index (χ1) is 14.4. The fourth-order valence-electron chi connectivity index (χ4n) is 5.52. The van der Waals surface area contributed by atoms with E-state index in [9.17, 15) is 24.7 Å². The van der Waals surface area contributed by atoms with Crippen LogP contribution in [-0.4, -0.2) is 51.1 Å². The van der Waals surface area contributed by atoms with Crippen molar-refractivity contribution >= 4 is 17.8 Å². The number of amides is 2. The van der Waals surface area contributed by atoms with Gasteiger partial charge in [0.25, 0.3) is 11.8 Å². The van der Waals surface area contributed by atoms with Gasteiger partial charge in [0.05, 0.1) is 17.2 Å². The normalized spacial score (nSPS) is 30.3. The highest BCUT2D eigenvalue weighted by atomic mass is 16.6. The Labute approximate surface area is 173 Å². The number of imide groups is 1. The molecule has 7 heteroatoms. The molecule has 2 aromatic carbocycles. The van der Waals surface area contributed by atoms with E-state index in [2.05, 4.69) is 0 Å². The van der Waals surface area contributed by atoms with Gasteiger partial charge in [0, 0.05) is 18.4 Å². The lowest BCUT2D eigenvalue weighted by Gasteiger charge is -2.55. The Morgan fingerprint density at radius 2 is 1.63 bits per heavy atom. The number of hydrogen-bond donors (Lipinski definition) is 1. The molecule has 3 aliphatic heterocycles. The highest BCUT2D eigenvalue weighted by molar-refractivity contribution is 6.21. The number of carboxylic acid groups (broad SMARTS) is 1. The van der Waals surface area contributed by atoms with Crippen molar-refractivity contribution in [1.29, 1.82) is 0 Å². The Morgan fingerprint density at radius 1 is 1.00 bits per heavy atom. The van der Waals surface area contributed by atoms with Crippen LogP contribution in [0.5, 0.6) is 0 Å². The zero-order valence-electron chi connectivity index (χ0n) is 16.4. The van der Waals surface area contributed by atoms with Crippen LogP contribution >= 0.6 is 0 Å². The Kier molecular flexibility index (Phi) is 4.27. The number of carboxylic acids is 1. The fraction of sp³-hybridized carbons (Fsp3) is 0.348. The summed E-state index contributed by atoms with van der Waals surface area (Å²) in [6, 6.07) is 11.9. The molecule has 7 nitrogen and oxygen atoms in total. The Bertz CT molecular complexity index is 1030. The van der Waals surface area contributed by atoms with Crippen LogP contribution in [0.3, 0.4) is 0 Å². The second kappa shape index (κ2) is 6.75. The second-order valence-electron chi connectivity index (χ2n) is 8.42. The minimum Gasteiger partial charge on any atom is -0.632 e. The first-order valence-corrected chi connectivity index (χ1v) is 10.3. The minimum absolute atomic E-state index is 0.109. The molecule has 4 unspecified atom stereocenters. The fourth-order valence-corrected chi connectivity index (χ4v) is 5.52. The number of benzene rings is 2. The number of nitrogens with zero attached hydrogens (tertiary/aromatic N) is 2. The molecule has 30 heavy (non-hydrogen) atoms. The molecule has 4 atom stereocenters. The van der Waals surface area contributed by atoms with Gasteiger partial charge in [-0.3, -0.25) is 14.5 Å². The van der Waals surface area contributed by atoms with E-state index in [0.29, 0.717) is 36.8 Å². The molecule has 0 bridgehead atoms. The number of hydrogen-bond acceptors (Lipinski definition) is 4. The van der Waals surface area contributed by atoms with E-state index >= 15 is 0 Å². The van der Waals surface area contributed by atoms with E-state index in [4.69, 9.17) is 0 Å². The largest absolute Gasteiger partial charge is 0.632 e. The van der Waals surface area contributed by atoms with Crippen molar-refractivity contribution in [3.63, 3.8) is 0 Å². The summed E-state index contributed by atoms with van der Waals surface area (Å²) in [6.07, 6.45) is 1.91. The van der Waals surface area contributed by atoms with Crippen molar-refractivity contribution in [1.82, 2.24) is 4.90 Å². The third kappa shape index (κ3) is 2.62. The van der Waals surface area contributed by atoms with Crippen molar-refractivity contribution in [2.75, 3.05) is 6.54 Å². The lowest BCUT2D eigenvalue weighted by molar-refractivity contribution is -0.933. The van der Waals surface area contributed by atoms with Crippen molar-refractivity contribution < 1.29 is 24.1 Å². The summed E-state index contributed by atoms with van der Waals surface area (Å²) in [6.45, 7) is -0.109. The zero-order chi connectivity index (χ0) is 21.0. The highest BCUT2D eigenvalue weighted by Gasteiger charge is 2.51. The maximum absolute atomic E-state index is 14.2. The van der Waals surface area contributed by atoms with Gasteiger partial charge in [0.1, 0.15) is 12.6 Å². The number of hydroxylamine groups is 3. The second-order valence-corrected chi connectivity index (χ2v) is 8.42. The molecule has 1 N–H and O–H groups in total. The summed E-state index contributed by atoms with van der Waals surface area (Å²) in [5.41, 5.74) is 2.42. The smallest absolute Gasteiger partial charge is 0.362 e. The third-order valence-electron chi connectivity index (χ3n) is 6.85. The van der Waals surface area contributed by atoms with E-state index in [1.54, 1.807) is 24.3 Å². The average molecular weight is 406 g/mol. The number of piperidine rings is 1. The van der Waals surface area contributed by atoms with Crippen LogP contribution in [0.15, 0.2) is 48.5 Å². The van der Waals surface area contributed by atoms with Crippen LogP contribution in [-0.2, 0) is 11.2 Å². The molecular formula is C23H22N2O5. The lowest BCUT2D eigenvalue weighted by atomic mass is 9.88. The number of carbonyl (C=O) groups is 3. The van der Waals surface area contributed by atoms with E-state index in [0.717, 1.165) is 11.1 Å². The summed E-state index contributed by atoms with van der Waals surface area (Å²) >= 11 is 0. The van der Waals surface area contributed by atoms with Gasteiger partial charge < -0.3 is 15.0 Å². The van der Waals surface area contributed by atoms with Gasteiger partial charge in [-0.15, -0.1) is 0 Å². The van der Waals surface area contributed by atoms with Gasteiger partial charge in [-0.25, -0.2) is 4.79 Å². The maximum atomic E-state index is 14.2. The van der Waals surface area contributed by atoms with Gasteiger partial charge >= 0.3 is 5.97 Å². The molecule has 154 valence electrons. The Hall–Kier alpha value is -3.03. The molecule has 5 rings (SSSR count). The van der Waals surface area contributed by atoms with Gasteiger partial charge in [0.15, 0.2) is 6.04 Å². The van der Waals surface area contributed by atoms with Crippen molar-refractivity contribution in [2.45, 2.75) is 43.8 Å². The predicted molar refractivity (Wildman–Crippen MR) is 107 cm³/mol. The number of carbonyl (C=O) groups excluding carboxylic acids is 2. The number of aliphatic carboxylic acids is 1. The number of rotatable bonds is 2. The van der Waals surface area contributed by atoms with E-state index in [1.807, 2.05) is 24.3 Å². The highest BCUT2D eigenvalue weighted by Crippen LogP contribution is 2.45. The Morgan fingerprint density at radius 3 is 2.30 bits per heavy atom. The molecule has 1 fully saturated rings. The molecular weight excluding hydrogens is 384 g/mol. The summed E-state index contributed by atoms with van der Waals surface area (Å²) in [7, 11) is 0. The SMILES string of the molecule is O=C(O)C1CCCC2c3ccccc3CC(N3C(=O)c4ccccc4C3=O)C[N+]12[O-]. The van der Waals surface area contributed by atoms with E-state index in [1.165, 1.54) is 4.90 Å². The van der Waals surface area contributed by atoms with Crippen molar-refractivity contribution in [3.8, 4) is 0 Å². The van der Waals surface area contributed by atoms with Crippen molar-refractivity contribution in [3.05, 3.63) is 76.0 Å². The summed E-state index contributed by atoms with van der Waals surface area (Å²) < 4.78 is -0.926. The molecule has 3 aliphatic rings. The van der Waals surface area contributed by atoms with Gasteiger partial charge in [0.2, 0.25) is 0 Å². The molecule has 1 saturated heterocycles. The Balaban J connectivity index is 1.62. The predicted octanol–water partition coefficient (Wildman–Crippen LogP) is 2.90. The van der Waals surface area contributed by atoms with Crippen LogP contribution in [0.25, 0.3) is 0 Å². The van der Waals surface area contributed by atoms with E-state index in [-0.39, 0.29) is 6.54 Å². The average Bonchev–Trinajstić information content (AvgIpc) is 2.90. The minimum atomic E-state index is -1.12. The standard InChI is InChI=1S/C23H22N2O5/c26-21-17-8-3-4-9-18(17)22(27)24(21)15-12-14-6-1-2-7-16(14)19-10-5-11-20(23(28)29)25(19,30)13-15/h1-4,6-9,15,19-20H,5,10-13H2,(H,28,29). The van der Waals surface area contributed by atoms with Gasteiger partial charge in [-0.1, -0.05) is 36.4 Å². The number of fused-ring (bicyclic) bond motifs is 4. The maximum Gasteiger partial charge on any atom is 0.362 e. The lowest BCUT2D eigenvalue weighted by Crippen LogP contribution is -2.62. The zero-order valence-corrected chi connectivity index (χ0v) is 16.4. The van der Waals surface area contributed by atoms with Gasteiger partial charge in [-0.2, -0.15) is 0 Å². The van der Waals surface area contributed by atoms with Crippen molar-refractivity contribution in [2.24, 2.45) is 0 Å². The summed E-state index contributed by atoms with van der Waals surface area (Å²) in [5.74, 6) is -1.94. The first-order valence-electron chi connectivity index (χ1n) is 10.3. The topological polar surface area (TPSA) is 97.7 Å². The molecule has 0 aliphatic carbocycles. The molecule has 0 aromatic heterocycles. The number of quaternary nitrogens is 1. The summed E-state index contributed by atoms with van der Waals surface area (Å²) in [5, 5.41) is 24.0. The van der Waals surface area contributed by atoms with Crippen LogP contribution in [0, 0.1) is 5.21 Å². The first kappa shape index (κ1) is 19.0. The van der Waals surface area contributed by atoms with E-state index < -0.39 is 40.6 Å². The monoisotopic (exact) mass is 406 g/mol. The molecule has 3 heterocycles. The van der Waals surface area contributed by atoms with Crippen LogP contribution in [0.4, 0.5) is 0 Å².